The third-order valence-electron chi connectivity index (χ3n) is 2.74. The summed E-state index contributed by atoms with van der Waals surface area (Å²) in [7, 11) is 2.33. The Bertz CT molecular complexity index is 530. The highest BCUT2D eigenvalue weighted by Gasteiger charge is 2.28. The van der Waals surface area contributed by atoms with E-state index in [1.54, 1.807) is 0 Å². The Morgan fingerprint density at radius 2 is 1.78 bits per heavy atom. The Kier molecular flexibility index (Phi) is 6.43. The van der Waals surface area contributed by atoms with Gasteiger partial charge in [0.15, 0.2) is 11.5 Å². The molecule has 3 N–H and O–H groups in total. The van der Waals surface area contributed by atoms with Gasteiger partial charge in [-0.3, -0.25) is 4.79 Å². The van der Waals surface area contributed by atoms with Crippen LogP contribution in [-0.2, 0) is 0 Å². The summed E-state index contributed by atoms with van der Waals surface area (Å²) in [6.45, 7) is -5.04. The third kappa shape index (κ3) is 5.16. The van der Waals surface area contributed by atoms with Crippen LogP contribution in [0, 0.1) is 0 Å². The number of methoxy groups -OCH3 is 2. The highest BCUT2D eigenvalue weighted by molar-refractivity contribution is 5.95. The number of nitrogens with two attached hydrogens (primary N) is 1. The molecule has 1 amide bonds. The molecule has 0 heterocycles. The third-order valence-corrected chi connectivity index (χ3v) is 2.74. The molecule has 0 bridgehead atoms. The van der Waals surface area contributed by atoms with E-state index in [-0.39, 0.29) is 17.1 Å². The van der Waals surface area contributed by atoms with E-state index < -0.39 is 37.3 Å². The van der Waals surface area contributed by atoms with Gasteiger partial charge < -0.3 is 25.3 Å². The molecule has 130 valence electrons. The first kappa shape index (κ1) is 18.8. The van der Waals surface area contributed by atoms with Gasteiger partial charge in [0.25, 0.3) is 11.8 Å². The number of carbonyl (C=O) groups is 1. The molecule has 0 spiro atoms. The summed E-state index contributed by atoms with van der Waals surface area (Å²) in [6.07, 6.45) is 0. The topological polar surface area (TPSA) is 82.8 Å². The number of ether oxygens (including phenoxy) is 3. The first-order valence-corrected chi connectivity index (χ1v) is 6.31. The van der Waals surface area contributed by atoms with Crippen molar-refractivity contribution in [1.29, 1.82) is 0 Å². The van der Waals surface area contributed by atoms with E-state index in [0.29, 0.717) is 0 Å². The maximum Gasteiger partial charge on any atom is 0.387 e. The van der Waals surface area contributed by atoms with Gasteiger partial charge in [-0.15, -0.1) is 0 Å². The zero-order chi connectivity index (χ0) is 17.6. The Hall–Kier alpha value is -2.23. The van der Waals surface area contributed by atoms with Crippen LogP contribution in [0.25, 0.3) is 0 Å². The predicted molar refractivity (Wildman–Crippen MR) is 72.5 cm³/mol. The number of benzene rings is 1. The summed E-state index contributed by atoms with van der Waals surface area (Å²) in [4.78, 5) is 11.9. The van der Waals surface area contributed by atoms with Crippen molar-refractivity contribution in [3.8, 4) is 17.2 Å². The van der Waals surface area contributed by atoms with Gasteiger partial charge in [-0.1, -0.05) is 0 Å². The Morgan fingerprint density at radius 3 is 2.17 bits per heavy atom. The summed E-state index contributed by atoms with van der Waals surface area (Å²) >= 11 is 0. The van der Waals surface area contributed by atoms with Crippen molar-refractivity contribution in [2.75, 3.05) is 27.3 Å². The van der Waals surface area contributed by atoms with E-state index in [1.165, 1.54) is 0 Å². The van der Waals surface area contributed by atoms with E-state index in [0.717, 1.165) is 26.4 Å². The zero-order valence-corrected chi connectivity index (χ0v) is 12.4. The average Bonchev–Trinajstić information content (AvgIpc) is 2.52. The quantitative estimate of drug-likeness (QED) is 0.703. The molecule has 0 saturated heterocycles. The number of alkyl halides is 4. The normalized spacial score (nSPS) is 11.3. The molecule has 1 aromatic carbocycles. The van der Waals surface area contributed by atoms with Crippen molar-refractivity contribution in [3.63, 3.8) is 0 Å². The molecule has 0 radical (unpaired) electrons. The lowest BCUT2D eigenvalue weighted by atomic mass is 10.1. The standard InChI is InChI=1S/C13H16F4N2O4/c1-21-8-3-7(11(20)19-6-13(16,17)5-18)4-9(22-2)10(8)23-12(14)15/h3-4,12H,5-6,18H2,1-2H3,(H,19,20). The SMILES string of the molecule is COc1cc(C(=O)NCC(F)(F)CN)cc(OC)c1OC(F)F. The van der Waals surface area contributed by atoms with Gasteiger partial charge in [-0.25, -0.2) is 8.78 Å². The first-order chi connectivity index (χ1) is 10.7. The van der Waals surface area contributed by atoms with Crippen LogP contribution in [0.5, 0.6) is 17.2 Å². The molecular formula is C13H16F4N2O4. The minimum atomic E-state index is -3.26. The van der Waals surface area contributed by atoms with Crippen LogP contribution in [0.3, 0.4) is 0 Å². The number of rotatable bonds is 8. The zero-order valence-electron chi connectivity index (χ0n) is 12.4. The van der Waals surface area contributed by atoms with Crippen LogP contribution in [0.15, 0.2) is 12.1 Å². The lowest BCUT2D eigenvalue weighted by Crippen LogP contribution is -2.41. The molecule has 0 fully saturated rings. The first-order valence-electron chi connectivity index (χ1n) is 6.31. The predicted octanol–water partition coefficient (Wildman–Crippen LogP) is 1.63. The van der Waals surface area contributed by atoms with Crippen molar-refractivity contribution >= 4 is 5.91 Å². The molecule has 0 unspecified atom stereocenters. The van der Waals surface area contributed by atoms with Crippen LogP contribution < -0.4 is 25.3 Å². The van der Waals surface area contributed by atoms with Crippen molar-refractivity contribution in [2.24, 2.45) is 5.73 Å². The number of nitrogens with one attached hydrogen (secondary N) is 1. The number of halogens is 4. The molecule has 0 atom stereocenters. The van der Waals surface area contributed by atoms with Crippen LogP contribution in [0.2, 0.25) is 0 Å². The molecule has 6 nitrogen and oxygen atoms in total. The average molecular weight is 340 g/mol. The minimum absolute atomic E-state index is 0.131. The Morgan fingerprint density at radius 1 is 1.26 bits per heavy atom. The van der Waals surface area contributed by atoms with E-state index in [4.69, 9.17) is 15.2 Å². The monoisotopic (exact) mass is 340 g/mol. The second-order valence-corrected chi connectivity index (χ2v) is 4.33. The maximum atomic E-state index is 13.0. The van der Waals surface area contributed by atoms with Gasteiger partial charge in [0.2, 0.25) is 5.75 Å². The lowest BCUT2D eigenvalue weighted by Gasteiger charge is -2.17. The second kappa shape index (κ2) is 7.86. The number of hydrogen-bond acceptors (Lipinski definition) is 5. The largest absolute Gasteiger partial charge is 0.493 e. The van der Waals surface area contributed by atoms with E-state index in [1.807, 2.05) is 5.32 Å². The number of hydrogen-bond donors (Lipinski definition) is 2. The molecule has 1 aromatic rings. The smallest absolute Gasteiger partial charge is 0.387 e. The molecule has 0 aliphatic carbocycles. The Balaban J connectivity index is 3.06. The van der Waals surface area contributed by atoms with Gasteiger partial charge >= 0.3 is 6.61 Å². The van der Waals surface area contributed by atoms with Crippen molar-refractivity contribution in [1.82, 2.24) is 5.32 Å². The van der Waals surface area contributed by atoms with Gasteiger partial charge in [0.05, 0.1) is 27.3 Å². The maximum absolute atomic E-state index is 13.0. The molecular weight excluding hydrogens is 324 g/mol. The van der Waals surface area contributed by atoms with Crippen molar-refractivity contribution < 1.29 is 36.6 Å². The van der Waals surface area contributed by atoms with Crippen LogP contribution in [0.4, 0.5) is 17.6 Å². The van der Waals surface area contributed by atoms with Crippen LogP contribution >= 0.6 is 0 Å². The fourth-order valence-corrected chi connectivity index (χ4v) is 1.60. The number of amides is 1. The van der Waals surface area contributed by atoms with Crippen LogP contribution in [0.1, 0.15) is 10.4 Å². The van der Waals surface area contributed by atoms with Crippen molar-refractivity contribution in [3.05, 3.63) is 17.7 Å². The molecule has 0 aromatic heterocycles. The second-order valence-electron chi connectivity index (χ2n) is 4.33. The highest BCUT2D eigenvalue weighted by Crippen LogP contribution is 2.39. The summed E-state index contributed by atoms with van der Waals surface area (Å²) in [5, 5.41) is 1.98. The van der Waals surface area contributed by atoms with Gasteiger partial charge in [0.1, 0.15) is 0 Å². The van der Waals surface area contributed by atoms with Gasteiger partial charge in [-0.05, 0) is 12.1 Å². The van der Waals surface area contributed by atoms with Crippen LogP contribution in [-0.4, -0.2) is 45.8 Å². The lowest BCUT2D eigenvalue weighted by molar-refractivity contribution is -0.0526. The molecule has 10 heteroatoms. The highest BCUT2D eigenvalue weighted by atomic mass is 19.3. The summed E-state index contributed by atoms with van der Waals surface area (Å²) in [5.41, 5.74) is 4.73. The van der Waals surface area contributed by atoms with E-state index in [9.17, 15) is 22.4 Å². The minimum Gasteiger partial charge on any atom is -0.493 e. The van der Waals surface area contributed by atoms with Crippen molar-refractivity contribution in [2.45, 2.75) is 12.5 Å². The Labute approximate surface area is 129 Å². The summed E-state index contributed by atoms with van der Waals surface area (Å²) < 4.78 is 64.9. The molecule has 1 rings (SSSR count). The fourth-order valence-electron chi connectivity index (χ4n) is 1.60. The summed E-state index contributed by atoms with van der Waals surface area (Å²) in [6, 6.07) is 2.13. The summed E-state index contributed by atoms with van der Waals surface area (Å²) in [5.74, 6) is -4.96. The molecule has 0 saturated carbocycles. The molecule has 23 heavy (non-hydrogen) atoms. The van der Waals surface area contributed by atoms with E-state index >= 15 is 0 Å². The number of carbonyl (C=O) groups excluding carboxylic acids is 1. The fraction of sp³-hybridized carbons (Fsp3) is 0.462. The van der Waals surface area contributed by atoms with Gasteiger partial charge in [0, 0.05) is 5.56 Å². The van der Waals surface area contributed by atoms with E-state index in [2.05, 4.69) is 4.74 Å². The molecule has 0 aliphatic rings. The molecule has 0 aliphatic heterocycles. The van der Waals surface area contributed by atoms with Gasteiger partial charge in [-0.2, -0.15) is 8.78 Å².